The predicted molar refractivity (Wildman–Crippen MR) is 85.5 cm³/mol. The van der Waals surface area contributed by atoms with Gasteiger partial charge in [0.2, 0.25) is 0 Å². The van der Waals surface area contributed by atoms with E-state index in [2.05, 4.69) is 43.8 Å². The van der Waals surface area contributed by atoms with Crippen LogP contribution < -0.4 is 0 Å². The van der Waals surface area contributed by atoms with Crippen LogP contribution >= 0.6 is 0 Å². The fraction of sp³-hybridized carbons (Fsp3) is 0.444. The van der Waals surface area contributed by atoms with Crippen molar-refractivity contribution >= 4 is 6.08 Å². The van der Waals surface area contributed by atoms with Crippen molar-refractivity contribution in [1.29, 1.82) is 0 Å². The second kappa shape index (κ2) is 6.38. The minimum absolute atomic E-state index is 0.391. The Bertz CT molecular complexity index is 477. The quantitative estimate of drug-likeness (QED) is 0.849. The summed E-state index contributed by atoms with van der Waals surface area (Å²) in [4.78, 5) is 2.19. The Labute approximate surface area is 122 Å². The van der Waals surface area contributed by atoms with Gasteiger partial charge in [0, 0.05) is 6.54 Å². The lowest BCUT2D eigenvalue weighted by atomic mass is 9.72. The summed E-state index contributed by atoms with van der Waals surface area (Å²) in [6.45, 7) is 4.82. The molecule has 2 heteroatoms. The Morgan fingerprint density at radius 3 is 2.65 bits per heavy atom. The van der Waals surface area contributed by atoms with Crippen molar-refractivity contribution in [2.45, 2.75) is 24.9 Å². The van der Waals surface area contributed by atoms with Gasteiger partial charge in [0.05, 0.1) is 0 Å². The first kappa shape index (κ1) is 15.0. The summed E-state index contributed by atoms with van der Waals surface area (Å²) in [7, 11) is 4.17. The normalized spacial score (nSPS) is 28.8. The third-order valence-corrected chi connectivity index (χ3v) is 4.10. The van der Waals surface area contributed by atoms with Crippen LogP contribution in [0.25, 0.3) is 6.08 Å². The van der Waals surface area contributed by atoms with Gasteiger partial charge in [-0.15, -0.1) is 0 Å². The predicted octanol–water partition coefficient (Wildman–Crippen LogP) is 3.35. The highest BCUT2D eigenvalue weighted by Crippen LogP contribution is 2.39. The number of hydrogen-bond donors (Lipinski definition) is 1. The largest absolute Gasteiger partial charge is 0.381 e. The molecule has 2 atom stereocenters. The van der Waals surface area contributed by atoms with Gasteiger partial charge in [-0.25, -0.2) is 0 Å². The second-order valence-corrected chi connectivity index (χ2v) is 5.99. The van der Waals surface area contributed by atoms with Crippen LogP contribution in [-0.4, -0.2) is 36.2 Å². The van der Waals surface area contributed by atoms with Gasteiger partial charge < -0.3 is 10.0 Å². The summed E-state index contributed by atoms with van der Waals surface area (Å²) < 4.78 is 0. The molecule has 0 aliphatic heterocycles. The van der Waals surface area contributed by atoms with E-state index in [0.717, 1.165) is 36.9 Å². The lowest BCUT2D eigenvalue weighted by Gasteiger charge is -2.39. The summed E-state index contributed by atoms with van der Waals surface area (Å²) in [5.74, 6) is 0.391. The van der Waals surface area contributed by atoms with Gasteiger partial charge in [-0.3, -0.25) is 0 Å². The zero-order valence-electron chi connectivity index (χ0n) is 12.5. The molecular formula is C18H25NO. The highest BCUT2D eigenvalue weighted by molar-refractivity contribution is 5.57. The van der Waals surface area contributed by atoms with Crippen molar-refractivity contribution in [3.63, 3.8) is 0 Å². The molecule has 1 N–H and O–H groups in total. The lowest BCUT2D eigenvalue weighted by Crippen LogP contribution is -2.39. The van der Waals surface area contributed by atoms with E-state index in [1.165, 1.54) is 0 Å². The van der Waals surface area contributed by atoms with Crippen LogP contribution in [0.3, 0.4) is 0 Å². The molecule has 0 saturated heterocycles. The Morgan fingerprint density at radius 1 is 1.35 bits per heavy atom. The molecule has 1 unspecified atom stereocenters. The fourth-order valence-electron chi connectivity index (χ4n) is 3.09. The zero-order chi connectivity index (χ0) is 14.6. The number of benzene rings is 1. The molecule has 0 aromatic heterocycles. The summed E-state index contributed by atoms with van der Waals surface area (Å²) in [5, 5.41) is 10.9. The Hall–Kier alpha value is -1.38. The van der Waals surface area contributed by atoms with E-state index in [0.29, 0.717) is 5.92 Å². The highest BCUT2D eigenvalue weighted by Gasteiger charge is 2.36. The molecule has 0 radical (unpaired) electrons. The molecule has 2 nitrogen and oxygen atoms in total. The molecule has 0 amide bonds. The van der Waals surface area contributed by atoms with Crippen LogP contribution in [0.1, 0.15) is 24.8 Å². The molecule has 0 heterocycles. The molecule has 108 valence electrons. The van der Waals surface area contributed by atoms with E-state index in [9.17, 15) is 5.11 Å². The third-order valence-electron chi connectivity index (χ3n) is 4.10. The molecule has 1 aliphatic rings. The molecule has 0 spiro atoms. The van der Waals surface area contributed by atoms with Gasteiger partial charge in [0.15, 0.2) is 0 Å². The molecule has 2 rings (SSSR count). The van der Waals surface area contributed by atoms with Gasteiger partial charge in [-0.1, -0.05) is 49.1 Å². The first-order chi connectivity index (χ1) is 9.55. The molecule has 1 aromatic rings. The smallest absolute Gasteiger partial charge is 0.104 e. The molecule has 1 aromatic carbocycles. The van der Waals surface area contributed by atoms with E-state index < -0.39 is 5.60 Å². The monoisotopic (exact) mass is 271 g/mol. The van der Waals surface area contributed by atoms with Crippen molar-refractivity contribution in [2.75, 3.05) is 20.6 Å². The van der Waals surface area contributed by atoms with Crippen LogP contribution in [0.5, 0.6) is 0 Å². The summed E-state index contributed by atoms with van der Waals surface area (Å²) in [5.41, 5.74) is 1.40. The molecule has 1 saturated carbocycles. The van der Waals surface area contributed by atoms with Gasteiger partial charge in [0.1, 0.15) is 5.60 Å². The third kappa shape index (κ3) is 3.38. The van der Waals surface area contributed by atoms with E-state index in [4.69, 9.17) is 0 Å². The Balaban J connectivity index is 2.38. The van der Waals surface area contributed by atoms with Gasteiger partial charge in [0.25, 0.3) is 0 Å². The van der Waals surface area contributed by atoms with Crippen LogP contribution in [0.4, 0.5) is 0 Å². The first-order valence-corrected chi connectivity index (χ1v) is 7.33. The maximum absolute atomic E-state index is 10.9. The Morgan fingerprint density at radius 2 is 2.05 bits per heavy atom. The van der Waals surface area contributed by atoms with Crippen LogP contribution in [0.2, 0.25) is 0 Å². The van der Waals surface area contributed by atoms with Crippen molar-refractivity contribution < 1.29 is 5.11 Å². The van der Waals surface area contributed by atoms with Crippen LogP contribution in [-0.2, 0) is 0 Å². The lowest BCUT2D eigenvalue weighted by molar-refractivity contribution is 0.0816. The molecular weight excluding hydrogens is 246 g/mol. The van der Waals surface area contributed by atoms with Crippen molar-refractivity contribution in [2.24, 2.45) is 5.92 Å². The number of aliphatic hydroxyl groups is 1. The SMILES string of the molecule is C=C[C@@]1(O)CCCC(CN(C)C)C1=Cc1ccccc1. The summed E-state index contributed by atoms with van der Waals surface area (Å²) in [6, 6.07) is 10.2. The average molecular weight is 271 g/mol. The first-order valence-electron chi connectivity index (χ1n) is 7.33. The Kier molecular flexibility index (Phi) is 4.79. The number of hydrogen-bond acceptors (Lipinski definition) is 2. The molecule has 20 heavy (non-hydrogen) atoms. The average Bonchev–Trinajstić information content (AvgIpc) is 2.43. The number of rotatable bonds is 4. The highest BCUT2D eigenvalue weighted by atomic mass is 16.3. The van der Waals surface area contributed by atoms with Gasteiger partial charge >= 0.3 is 0 Å². The van der Waals surface area contributed by atoms with E-state index in [-0.39, 0.29) is 0 Å². The minimum atomic E-state index is -0.852. The van der Waals surface area contributed by atoms with Gasteiger partial charge in [-0.05, 0) is 50.4 Å². The van der Waals surface area contributed by atoms with E-state index in [1.54, 1.807) is 6.08 Å². The second-order valence-electron chi connectivity index (χ2n) is 5.99. The van der Waals surface area contributed by atoms with Gasteiger partial charge in [-0.2, -0.15) is 0 Å². The molecule has 1 fully saturated rings. The van der Waals surface area contributed by atoms with E-state index >= 15 is 0 Å². The standard InChI is InChI=1S/C18H25NO/c1-4-18(20)12-8-11-16(14-19(2)3)17(18)13-15-9-6-5-7-10-15/h4-7,9-10,13,16,20H,1,8,11-12,14H2,2-3H3/t16?,18-/m1/s1. The van der Waals surface area contributed by atoms with Crippen molar-refractivity contribution in [3.05, 3.63) is 54.1 Å². The summed E-state index contributed by atoms with van der Waals surface area (Å²) in [6.07, 6.45) is 6.82. The minimum Gasteiger partial charge on any atom is -0.381 e. The maximum atomic E-state index is 10.9. The molecule has 0 bridgehead atoms. The fourth-order valence-corrected chi connectivity index (χ4v) is 3.09. The van der Waals surface area contributed by atoms with Crippen molar-refractivity contribution in [3.8, 4) is 0 Å². The van der Waals surface area contributed by atoms with Crippen LogP contribution in [0, 0.1) is 5.92 Å². The van der Waals surface area contributed by atoms with Crippen LogP contribution in [0.15, 0.2) is 48.6 Å². The molecule has 1 aliphatic carbocycles. The maximum Gasteiger partial charge on any atom is 0.104 e. The summed E-state index contributed by atoms with van der Waals surface area (Å²) >= 11 is 0. The zero-order valence-corrected chi connectivity index (χ0v) is 12.5. The van der Waals surface area contributed by atoms with E-state index in [1.807, 2.05) is 18.2 Å². The van der Waals surface area contributed by atoms with Crippen molar-refractivity contribution in [1.82, 2.24) is 4.90 Å². The topological polar surface area (TPSA) is 23.5 Å². The number of nitrogens with zero attached hydrogens (tertiary/aromatic N) is 1.